The first-order valence-corrected chi connectivity index (χ1v) is 8.09. The van der Waals surface area contributed by atoms with Gasteiger partial charge in [-0.3, -0.25) is 0 Å². The van der Waals surface area contributed by atoms with Crippen LogP contribution in [0.25, 0.3) is 10.8 Å². The molecule has 0 saturated carbocycles. The molecule has 0 spiro atoms. The van der Waals surface area contributed by atoms with Gasteiger partial charge in [0.15, 0.2) is 0 Å². The number of halogens is 1. The number of allylic oxidation sites excluding steroid dienone is 1. The van der Waals surface area contributed by atoms with Gasteiger partial charge in [0.2, 0.25) is 0 Å². The van der Waals surface area contributed by atoms with Gasteiger partial charge in [0, 0.05) is 4.47 Å². The fourth-order valence-corrected chi connectivity index (χ4v) is 3.29. The standard InChI is InChI=1S/C18H19BrO/c19-17-10-9-14-11-16(8-7-15(14)12-17)18(20)13-5-3-1-2-4-6-13/h5,7-12,18,20H,1-4,6H2. The summed E-state index contributed by atoms with van der Waals surface area (Å²) in [7, 11) is 0. The second-order valence-corrected chi connectivity index (χ2v) is 6.45. The summed E-state index contributed by atoms with van der Waals surface area (Å²) in [5.74, 6) is 0. The summed E-state index contributed by atoms with van der Waals surface area (Å²) in [5, 5.41) is 13.0. The monoisotopic (exact) mass is 330 g/mol. The van der Waals surface area contributed by atoms with Gasteiger partial charge in [-0.1, -0.05) is 46.6 Å². The van der Waals surface area contributed by atoms with Gasteiger partial charge < -0.3 is 5.11 Å². The van der Waals surface area contributed by atoms with Crippen LogP contribution in [0.2, 0.25) is 0 Å². The molecule has 20 heavy (non-hydrogen) atoms. The minimum Gasteiger partial charge on any atom is -0.384 e. The zero-order valence-electron chi connectivity index (χ0n) is 11.5. The molecule has 0 fully saturated rings. The van der Waals surface area contributed by atoms with E-state index in [-0.39, 0.29) is 0 Å². The molecule has 1 nitrogen and oxygen atoms in total. The fraction of sp³-hybridized carbons (Fsp3) is 0.333. The lowest BCUT2D eigenvalue weighted by Gasteiger charge is -2.15. The Morgan fingerprint density at radius 1 is 0.950 bits per heavy atom. The number of aliphatic hydroxyl groups excluding tert-OH is 1. The van der Waals surface area contributed by atoms with Gasteiger partial charge in [-0.2, -0.15) is 0 Å². The minimum absolute atomic E-state index is 0.443. The molecule has 1 N–H and O–H groups in total. The molecule has 0 aromatic heterocycles. The van der Waals surface area contributed by atoms with Crippen molar-refractivity contribution in [3.8, 4) is 0 Å². The zero-order valence-corrected chi connectivity index (χ0v) is 13.1. The van der Waals surface area contributed by atoms with E-state index < -0.39 is 6.10 Å². The maximum Gasteiger partial charge on any atom is 0.100 e. The smallest absolute Gasteiger partial charge is 0.100 e. The maximum atomic E-state index is 10.6. The Balaban J connectivity index is 1.93. The van der Waals surface area contributed by atoms with Gasteiger partial charge in [-0.25, -0.2) is 0 Å². The minimum atomic E-state index is -0.443. The topological polar surface area (TPSA) is 20.2 Å². The van der Waals surface area contributed by atoms with Crippen molar-refractivity contribution in [3.63, 3.8) is 0 Å². The molecule has 2 aromatic rings. The molecule has 2 aromatic carbocycles. The van der Waals surface area contributed by atoms with E-state index in [1.54, 1.807) is 0 Å². The van der Waals surface area contributed by atoms with Crippen molar-refractivity contribution >= 4 is 26.7 Å². The lowest BCUT2D eigenvalue weighted by Crippen LogP contribution is -2.01. The molecule has 0 saturated heterocycles. The molecule has 1 unspecified atom stereocenters. The summed E-state index contributed by atoms with van der Waals surface area (Å²) < 4.78 is 1.09. The highest BCUT2D eigenvalue weighted by Gasteiger charge is 2.15. The van der Waals surface area contributed by atoms with Crippen molar-refractivity contribution in [2.45, 2.75) is 38.2 Å². The van der Waals surface area contributed by atoms with Gasteiger partial charge in [-0.05, 0) is 65.8 Å². The third-order valence-corrected chi connectivity index (χ3v) is 4.56. The average Bonchev–Trinajstić information content (AvgIpc) is 2.75. The molecule has 0 aliphatic heterocycles. The zero-order chi connectivity index (χ0) is 13.9. The SMILES string of the molecule is OC(C1=CCCCCC1)c1ccc2cc(Br)ccc2c1. The molecular formula is C18H19BrO. The van der Waals surface area contributed by atoms with Gasteiger partial charge >= 0.3 is 0 Å². The Morgan fingerprint density at radius 2 is 1.75 bits per heavy atom. The van der Waals surface area contributed by atoms with Crippen LogP contribution in [0.3, 0.4) is 0 Å². The van der Waals surface area contributed by atoms with Crippen LogP contribution in [0.4, 0.5) is 0 Å². The van der Waals surface area contributed by atoms with Crippen molar-refractivity contribution in [1.82, 2.24) is 0 Å². The van der Waals surface area contributed by atoms with E-state index in [1.807, 2.05) is 12.1 Å². The van der Waals surface area contributed by atoms with Crippen LogP contribution < -0.4 is 0 Å². The van der Waals surface area contributed by atoms with E-state index in [9.17, 15) is 5.11 Å². The summed E-state index contributed by atoms with van der Waals surface area (Å²) in [4.78, 5) is 0. The Bertz CT molecular complexity index is 645. The third kappa shape index (κ3) is 2.97. The van der Waals surface area contributed by atoms with Crippen molar-refractivity contribution in [2.24, 2.45) is 0 Å². The molecule has 1 aliphatic rings. The summed E-state index contributed by atoms with van der Waals surface area (Å²) in [6.07, 6.45) is 7.65. The van der Waals surface area contributed by atoms with E-state index in [0.29, 0.717) is 0 Å². The first kappa shape index (κ1) is 13.8. The fourth-order valence-electron chi connectivity index (χ4n) is 2.91. The Labute approximate surface area is 128 Å². The molecule has 1 atom stereocenters. The lowest BCUT2D eigenvalue weighted by atomic mass is 9.96. The van der Waals surface area contributed by atoms with Crippen LogP contribution in [0.1, 0.15) is 43.8 Å². The Morgan fingerprint density at radius 3 is 2.65 bits per heavy atom. The normalized spacial score (nSPS) is 17.6. The summed E-state index contributed by atoms with van der Waals surface area (Å²) in [6.45, 7) is 0. The van der Waals surface area contributed by atoms with Crippen molar-refractivity contribution in [3.05, 3.63) is 58.1 Å². The highest BCUT2D eigenvalue weighted by atomic mass is 79.9. The largest absolute Gasteiger partial charge is 0.384 e. The van der Waals surface area contributed by atoms with Crippen LogP contribution in [0.5, 0.6) is 0 Å². The summed E-state index contributed by atoms with van der Waals surface area (Å²) >= 11 is 3.49. The van der Waals surface area contributed by atoms with Gasteiger partial charge in [0.25, 0.3) is 0 Å². The van der Waals surface area contributed by atoms with Gasteiger partial charge in [-0.15, -0.1) is 0 Å². The van der Waals surface area contributed by atoms with Crippen LogP contribution in [-0.2, 0) is 0 Å². The average molecular weight is 331 g/mol. The molecule has 2 heteroatoms. The van der Waals surface area contributed by atoms with Gasteiger partial charge in [0.05, 0.1) is 0 Å². The maximum absolute atomic E-state index is 10.6. The molecule has 0 radical (unpaired) electrons. The van der Waals surface area contributed by atoms with Crippen LogP contribution in [0, 0.1) is 0 Å². The highest BCUT2D eigenvalue weighted by Crippen LogP contribution is 2.31. The Hall–Kier alpha value is -1.12. The molecule has 1 aliphatic carbocycles. The third-order valence-electron chi connectivity index (χ3n) is 4.07. The predicted molar refractivity (Wildman–Crippen MR) is 87.8 cm³/mol. The molecular weight excluding hydrogens is 312 g/mol. The van der Waals surface area contributed by atoms with Crippen molar-refractivity contribution in [1.29, 1.82) is 0 Å². The second kappa shape index (κ2) is 6.11. The van der Waals surface area contributed by atoms with E-state index in [1.165, 1.54) is 35.6 Å². The number of hydrogen-bond acceptors (Lipinski definition) is 1. The molecule has 3 rings (SSSR count). The van der Waals surface area contributed by atoms with Crippen LogP contribution in [0.15, 0.2) is 52.5 Å². The first-order valence-electron chi connectivity index (χ1n) is 7.30. The van der Waals surface area contributed by atoms with Crippen LogP contribution >= 0.6 is 15.9 Å². The van der Waals surface area contributed by atoms with Crippen LogP contribution in [-0.4, -0.2) is 5.11 Å². The molecule has 0 bridgehead atoms. The van der Waals surface area contributed by atoms with Crippen molar-refractivity contribution in [2.75, 3.05) is 0 Å². The quantitative estimate of drug-likeness (QED) is 0.718. The van der Waals surface area contributed by atoms with Gasteiger partial charge in [0.1, 0.15) is 6.10 Å². The second-order valence-electron chi connectivity index (χ2n) is 5.53. The van der Waals surface area contributed by atoms with E-state index in [4.69, 9.17) is 0 Å². The van der Waals surface area contributed by atoms with Crippen molar-refractivity contribution < 1.29 is 5.11 Å². The number of aliphatic hydroxyl groups is 1. The first-order chi connectivity index (χ1) is 9.74. The number of hydrogen-bond donors (Lipinski definition) is 1. The molecule has 0 heterocycles. The number of fused-ring (bicyclic) bond motifs is 1. The number of benzene rings is 2. The lowest BCUT2D eigenvalue weighted by molar-refractivity contribution is 0.211. The Kier molecular flexibility index (Phi) is 4.23. The summed E-state index contributed by atoms with van der Waals surface area (Å²) in [5.41, 5.74) is 2.20. The molecule has 0 amide bonds. The molecule has 104 valence electrons. The predicted octanol–water partition coefficient (Wildman–Crippen LogP) is 5.53. The van der Waals surface area contributed by atoms with E-state index in [0.717, 1.165) is 22.9 Å². The number of rotatable bonds is 2. The van der Waals surface area contributed by atoms with E-state index in [2.05, 4.69) is 46.3 Å². The summed E-state index contributed by atoms with van der Waals surface area (Å²) in [6, 6.07) is 12.5. The highest BCUT2D eigenvalue weighted by molar-refractivity contribution is 9.10. The van der Waals surface area contributed by atoms with E-state index >= 15 is 0 Å².